The van der Waals surface area contributed by atoms with Crippen molar-refractivity contribution in [1.82, 2.24) is 9.47 Å². The molecule has 0 unspecified atom stereocenters. The van der Waals surface area contributed by atoms with Gasteiger partial charge in [-0.2, -0.15) is 0 Å². The Labute approximate surface area is 204 Å². The van der Waals surface area contributed by atoms with Crippen LogP contribution in [0.1, 0.15) is 41.7 Å². The number of ether oxygens (including phenoxy) is 1. The standard InChI is InChI=1S/C27H31FN4O3/c1-4-30-9-11-31(12-10-30)24-15-23-19(14-21(24)28)26(33)20(16-32(23)18-6-7-18)27(34)29-22-13-17(2)5-8-25(22)35-3/h5,8,13-16,18H,4,6-7,9-12H2,1-3H3,(H,29,34). The molecule has 0 atom stereocenters. The van der Waals surface area contributed by atoms with Gasteiger partial charge in [0.2, 0.25) is 5.43 Å². The first kappa shape index (κ1) is 23.4. The molecule has 2 aliphatic rings. The lowest BCUT2D eigenvalue weighted by Crippen LogP contribution is -2.46. The summed E-state index contributed by atoms with van der Waals surface area (Å²) in [5.74, 6) is -0.457. The van der Waals surface area contributed by atoms with E-state index in [2.05, 4.69) is 17.1 Å². The van der Waals surface area contributed by atoms with Crippen LogP contribution in [0.2, 0.25) is 0 Å². The molecule has 0 radical (unpaired) electrons. The molecule has 2 aromatic carbocycles. The van der Waals surface area contributed by atoms with Crippen molar-refractivity contribution >= 4 is 28.2 Å². The van der Waals surface area contributed by atoms with Gasteiger partial charge in [0.05, 0.1) is 24.0 Å². The van der Waals surface area contributed by atoms with Crippen LogP contribution in [0.3, 0.4) is 0 Å². The summed E-state index contributed by atoms with van der Waals surface area (Å²) in [6.45, 7) is 8.26. The van der Waals surface area contributed by atoms with Crippen LogP contribution in [-0.4, -0.2) is 55.2 Å². The highest BCUT2D eigenvalue weighted by Crippen LogP contribution is 2.38. The van der Waals surface area contributed by atoms with Crippen LogP contribution < -0.4 is 20.4 Å². The van der Waals surface area contributed by atoms with Crippen LogP contribution in [-0.2, 0) is 0 Å². The average Bonchev–Trinajstić information content (AvgIpc) is 3.70. The zero-order chi connectivity index (χ0) is 24.7. The summed E-state index contributed by atoms with van der Waals surface area (Å²) in [6, 6.07) is 8.74. The van der Waals surface area contributed by atoms with Crippen molar-refractivity contribution < 1.29 is 13.9 Å². The number of halogens is 1. The summed E-state index contributed by atoms with van der Waals surface area (Å²) in [7, 11) is 1.53. The number of aryl methyl sites for hydroxylation is 1. The number of amides is 1. The molecular weight excluding hydrogens is 447 g/mol. The number of pyridine rings is 1. The average molecular weight is 479 g/mol. The summed E-state index contributed by atoms with van der Waals surface area (Å²) >= 11 is 0. The lowest BCUT2D eigenvalue weighted by molar-refractivity contribution is 0.102. The molecule has 1 aliphatic heterocycles. The fraction of sp³-hybridized carbons (Fsp3) is 0.407. The smallest absolute Gasteiger partial charge is 0.261 e. The summed E-state index contributed by atoms with van der Waals surface area (Å²) < 4.78 is 22.6. The highest BCUT2D eigenvalue weighted by Gasteiger charge is 2.28. The lowest BCUT2D eigenvalue weighted by Gasteiger charge is -2.35. The molecule has 5 rings (SSSR count). The molecule has 1 aliphatic carbocycles. The third-order valence-corrected chi connectivity index (χ3v) is 7.05. The van der Waals surface area contributed by atoms with E-state index in [0.717, 1.165) is 51.1 Å². The highest BCUT2D eigenvalue weighted by molar-refractivity contribution is 6.06. The Morgan fingerprint density at radius 3 is 2.54 bits per heavy atom. The second-order valence-corrected chi connectivity index (χ2v) is 9.41. The van der Waals surface area contributed by atoms with Gasteiger partial charge in [0.15, 0.2) is 0 Å². The lowest BCUT2D eigenvalue weighted by atomic mass is 10.1. The van der Waals surface area contributed by atoms with Crippen molar-refractivity contribution in [3.63, 3.8) is 0 Å². The van der Waals surface area contributed by atoms with Crippen LogP contribution in [0.5, 0.6) is 5.75 Å². The van der Waals surface area contributed by atoms with Crippen LogP contribution in [0.25, 0.3) is 10.9 Å². The SMILES string of the molecule is CCN1CCN(c2cc3c(cc2F)c(=O)c(C(=O)Nc2cc(C)ccc2OC)cn3C2CC2)CC1. The Balaban J connectivity index is 1.55. The summed E-state index contributed by atoms with van der Waals surface area (Å²) in [5, 5.41) is 3.04. The first-order valence-electron chi connectivity index (χ1n) is 12.2. The van der Waals surface area contributed by atoms with E-state index in [0.29, 0.717) is 22.6 Å². The molecule has 0 spiro atoms. The van der Waals surface area contributed by atoms with Gasteiger partial charge in [-0.1, -0.05) is 13.0 Å². The molecule has 8 heteroatoms. The summed E-state index contributed by atoms with van der Waals surface area (Å²) in [6.07, 6.45) is 3.57. The molecule has 35 heavy (non-hydrogen) atoms. The first-order chi connectivity index (χ1) is 16.9. The van der Waals surface area contributed by atoms with Gasteiger partial charge in [0, 0.05) is 43.8 Å². The molecule has 1 N–H and O–H groups in total. The van der Waals surface area contributed by atoms with Crippen molar-refractivity contribution in [3.05, 3.63) is 63.7 Å². The molecule has 1 saturated carbocycles. The van der Waals surface area contributed by atoms with E-state index in [1.165, 1.54) is 13.2 Å². The van der Waals surface area contributed by atoms with Crippen molar-refractivity contribution in [2.75, 3.05) is 50.1 Å². The van der Waals surface area contributed by atoms with Crippen LogP contribution in [0.15, 0.2) is 41.3 Å². The fourth-order valence-electron chi connectivity index (χ4n) is 4.83. The van der Waals surface area contributed by atoms with E-state index >= 15 is 4.39 Å². The Kier molecular flexibility index (Phi) is 6.23. The number of nitrogens with zero attached hydrogens (tertiary/aromatic N) is 3. The number of hydrogen-bond donors (Lipinski definition) is 1. The Morgan fingerprint density at radius 1 is 1.14 bits per heavy atom. The predicted molar refractivity (Wildman–Crippen MR) is 136 cm³/mol. The van der Waals surface area contributed by atoms with E-state index in [9.17, 15) is 9.59 Å². The van der Waals surface area contributed by atoms with Crippen LogP contribution >= 0.6 is 0 Å². The highest BCUT2D eigenvalue weighted by atomic mass is 19.1. The van der Waals surface area contributed by atoms with Crippen LogP contribution in [0, 0.1) is 12.7 Å². The van der Waals surface area contributed by atoms with Crippen LogP contribution in [0.4, 0.5) is 15.8 Å². The minimum Gasteiger partial charge on any atom is -0.495 e. The molecule has 1 amide bonds. The van der Waals surface area contributed by atoms with Gasteiger partial charge in [0.25, 0.3) is 5.91 Å². The number of rotatable bonds is 6. The van der Waals surface area contributed by atoms with E-state index in [4.69, 9.17) is 4.74 Å². The quantitative estimate of drug-likeness (QED) is 0.576. The molecule has 0 bridgehead atoms. The number of fused-ring (bicyclic) bond motifs is 1. The maximum Gasteiger partial charge on any atom is 0.261 e. The predicted octanol–water partition coefficient (Wildman–Crippen LogP) is 4.19. The van der Waals surface area contributed by atoms with Gasteiger partial charge in [-0.25, -0.2) is 4.39 Å². The van der Waals surface area contributed by atoms with Gasteiger partial charge < -0.3 is 24.4 Å². The Bertz CT molecular complexity index is 1340. The Morgan fingerprint density at radius 2 is 1.89 bits per heavy atom. The number of likely N-dealkylation sites (N-methyl/N-ethyl adjacent to an activating group) is 1. The number of nitrogens with one attached hydrogen (secondary N) is 1. The minimum atomic E-state index is -0.532. The minimum absolute atomic E-state index is 0.00308. The number of benzene rings is 2. The monoisotopic (exact) mass is 478 g/mol. The van der Waals surface area contributed by atoms with E-state index in [1.807, 2.05) is 22.5 Å². The molecule has 2 heterocycles. The van der Waals surface area contributed by atoms with Gasteiger partial charge in [-0.15, -0.1) is 0 Å². The van der Waals surface area contributed by atoms with Gasteiger partial charge in [-0.3, -0.25) is 9.59 Å². The van der Waals surface area contributed by atoms with Gasteiger partial charge >= 0.3 is 0 Å². The maximum absolute atomic E-state index is 15.3. The number of carbonyl (C=O) groups is 1. The van der Waals surface area contributed by atoms with Gasteiger partial charge in [-0.05, 0) is 56.1 Å². The van der Waals surface area contributed by atoms with E-state index < -0.39 is 17.2 Å². The molecule has 3 aromatic rings. The maximum atomic E-state index is 15.3. The van der Waals surface area contributed by atoms with Crippen molar-refractivity contribution in [1.29, 1.82) is 0 Å². The van der Waals surface area contributed by atoms with E-state index in [-0.39, 0.29) is 17.0 Å². The van der Waals surface area contributed by atoms with Crippen molar-refractivity contribution in [2.24, 2.45) is 0 Å². The molecule has 2 fully saturated rings. The first-order valence-corrected chi connectivity index (χ1v) is 12.2. The molecule has 1 aromatic heterocycles. The number of hydrogen-bond acceptors (Lipinski definition) is 5. The van der Waals surface area contributed by atoms with Crippen molar-refractivity contribution in [2.45, 2.75) is 32.7 Å². The molecular formula is C27H31FN4O3. The molecule has 1 saturated heterocycles. The number of methoxy groups -OCH3 is 1. The zero-order valence-electron chi connectivity index (χ0n) is 20.4. The second-order valence-electron chi connectivity index (χ2n) is 9.41. The topological polar surface area (TPSA) is 66.8 Å². The number of aromatic nitrogens is 1. The van der Waals surface area contributed by atoms with Gasteiger partial charge in [0.1, 0.15) is 17.1 Å². The largest absolute Gasteiger partial charge is 0.495 e. The van der Waals surface area contributed by atoms with Crippen molar-refractivity contribution in [3.8, 4) is 5.75 Å². The summed E-state index contributed by atoms with van der Waals surface area (Å²) in [5.41, 5.74) is 2.16. The van der Waals surface area contributed by atoms with E-state index in [1.54, 1.807) is 24.4 Å². The third kappa shape index (κ3) is 4.50. The third-order valence-electron chi connectivity index (χ3n) is 7.05. The fourth-order valence-corrected chi connectivity index (χ4v) is 4.83. The Hall–Kier alpha value is -3.39. The normalized spacial score (nSPS) is 16.5. The number of carbonyl (C=O) groups excluding carboxylic acids is 1. The number of piperazine rings is 1. The summed E-state index contributed by atoms with van der Waals surface area (Å²) in [4.78, 5) is 31.0. The molecule has 184 valence electrons. The number of anilines is 2. The molecule has 7 nitrogen and oxygen atoms in total. The zero-order valence-corrected chi connectivity index (χ0v) is 20.4. The second kappa shape index (κ2) is 9.34.